The van der Waals surface area contributed by atoms with Crippen LogP contribution in [-0.2, 0) is 42.7 Å². The molecule has 0 aliphatic heterocycles. The first kappa shape index (κ1) is 31.5. The van der Waals surface area contributed by atoms with Crippen molar-refractivity contribution >= 4 is 17.9 Å². The third-order valence-corrected chi connectivity index (χ3v) is 4.47. The molecule has 0 aliphatic rings. The van der Waals surface area contributed by atoms with Crippen molar-refractivity contribution in [3.05, 3.63) is 35.9 Å². The average Bonchev–Trinajstić information content (AvgIpc) is 2.88. The van der Waals surface area contributed by atoms with Crippen LogP contribution < -0.4 is 0 Å². The number of hydrogen-bond acceptors (Lipinski definition) is 10. The summed E-state index contributed by atoms with van der Waals surface area (Å²) in [4.78, 5) is 33.5. The molecular formula is C25H38O11. The van der Waals surface area contributed by atoms with Gasteiger partial charge >= 0.3 is 17.9 Å². The summed E-state index contributed by atoms with van der Waals surface area (Å²) in [6.07, 6.45) is 1.23. The second kappa shape index (κ2) is 22.9. The fourth-order valence-electron chi connectivity index (χ4n) is 2.66. The highest BCUT2D eigenvalue weighted by Gasteiger charge is 2.05. The van der Waals surface area contributed by atoms with E-state index in [-0.39, 0.29) is 44.6 Å². The Morgan fingerprint density at radius 3 is 1.44 bits per heavy atom. The van der Waals surface area contributed by atoms with Crippen molar-refractivity contribution in [1.29, 1.82) is 0 Å². The average molecular weight is 515 g/mol. The van der Waals surface area contributed by atoms with Gasteiger partial charge in [0, 0.05) is 12.8 Å². The van der Waals surface area contributed by atoms with Gasteiger partial charge in [-0.15, -0.1) is 0 Å². The highest BCUT2D eigenvalue weighted by Crippen LogP contribution is 2.02. The van der Waals surface area contributed by atoms with Crippen molar-refractivity contribution in [2.45, 2.75) is 25.7 Å². The minimum absolute atomic E-state index is 0.0587. The van der Waals surface area contributed by atoms with Crippen LogP contribution in [0.25, 0.3) is 0 Å². The standard InChI is InChI=1S/C25H38O11/c26-23(27)8-4-5-9-24(28)35-20-18-33-16-14-31-12-10-30-11-13-32-15-17-34-19-21-36-25(29)22-6-2-1-3-7-22/h1-3,6-7H,4-5,8-21H2,(H,26,27). The molecule has 0 aromatic heterocycles. The Kier molecular flexibility index (Phi) is 20.0. The molecule has 0 fully saturated rings. The number of rotatable bonds is 24. The van der Waals surface area contributed by atoms with E-state index in [1.165, 1.54) is 0 Å². The predicted molar refractivity (Wildman–Crippen MR) is 128 cm³/mol. The second-order valence-electron chi connectivity index (χ2n) is 7.39. The first-order valence-electron chi connectivity index (χ1n) is 12.1. The Balaban J connectivity index is 1.72. The molecule has 36 heavy (non-hydrogen) atoms. The largest absolute Gasteiger partial charge is 0.481 e. The van der Waals surface area contributed by atoms with Gasteiger partial charge in [0.25, 0.3) is 0 Å². The molecule has 0 bridgehead atoms. The van der Waals surface area contributed by atoms with Crippen LogP contribution in [-0.4, -0.2) is 102 Å². The molecule has 11 heteroatoms. The number of hydrogen-bond donors (Lipinski definition) is 1. The van der Waals surface area contributed by atoms with Crippen LogP contribution >= 0.6 is 0 Å². The summed E-state index contributed by atoms with van der Waals surface area (Å²) in [5.41, 5.74) is 0.513. The van der Waals surface area contributed by atoms with Crippen LogP contribution in [0, 0.1) is 0 Å². The van der Waals surface area contributed by atoms with E-state index in [4.69, 9.17) is 38.3 Å². The van der Waals surface area contributed by atoms with Gasteiger partial charge in [-0.05, 0) is 25.0 Å². The predicted octanol–water partition coefficient (Wildman–Crippen LogP) is 2.11. The van der Waals surface area contributed by atoms with Crippen LogP contribution in [0.5, 0.6) is 0 Å². The van der Waals surface area contributed by atoms with E-state index < -0.39 is 5.97 Å². The molecule has 0 radical (unpaired) electrons. The summed E-state index contributed by atoms with van der Waals surface area (Å²) < 4.78 is 36.9. The van der Waals surface area contributed by atoms with E-state index in [2.05, 4.69) is 0 Å². The molecule has 204 valence electrons. The molecule has 0 spiro atoms. The molecule has 0 aliphatic carbocycles. The maximum atomic E-state index is 11.7. The number of unbranched alkanes of at least 4 members (excludes halogenated alkanes) is 1. The third kappa shape index (κ3) is 19.7. The number of carboxylic acid groups (broad SMARTS) is 1. The molecule has 0 amide bonds. The summed E-state index contributed by atoms with van der Waals surface area (Å²) in [6, 6.07) is 8.79. The zero-order valence-electron chi connectivity index (χ0n) is 20.7. The van der Waals surface area contributed by atoms with Crippen molar-refractivity contribution in [2.24, 2.45) is 0 Å². The monoisotopic (exact) mass is 514 g/mol. The van der Waals surface area contributed by atoms with E-state index in [0.29, 0.717) is 77.9 Å². The summed E-state index contributed by atoms with van der Waals surface area (Å²) in [5.74, 6) is -1.59. The lowest BCUT2D eigenvalue weighted by molar-refractivity contribution is -0.146. The number of carbonyl (C=O) groups excluding carboxylic acids is 2. The van der Waals surface area contributed by atoms with Gasteiger partial charge in [0.2, 0.25) is 0 Å². The van der Waals surface area contributed by atoms with Gasteiger partial charge in [-0.2, -0.15) is 0 Å². The smallest absolute Gasteiger partial charge is 0.338 e. The van der Waals surface area contributed by atoms with Crippen LogP contribution in [0.15, 0.2) is 30.3 Å². The fourth-order valence-corrected chi connectivity index (χ4v) is 2.66. The van der Waals surface area contributed by atoms with E-state index in [0.717, 1.165) is 0 Å². The van der Waals surface area contributed by atoms with E-state index in [1.54, 1.807) is 24.3 Å². The van der Waals surface area contributed by atoms with Gasteiger partial charge in [-0.25, -0.2) is 4.79 Å². The molecule has 11 nitrogen and oxygen atoms in total. The van der Waals surface area contributed by atoms with E-state index in [9.17, 15) is 14.4 Å². The van der Waals surface area contributed by atoms with Crippen molar-refractivity contribution in [1.82, 2.24) is 0 Å². The minimum atomic E-state index is -0.865. The van der Waals surface area contributed by atoms with Gasteiger partial charge in [0.05, 0.1) is 71.6 Å². The molecule has 0 saturated heterocycles. The summed E-state index contributed by atoms with van der Waals surface area (Å²) in [6.45, 7) is 4.28. The molecule has 1 N–H and O–H groups in total. The number of esters is 2. The summed E-state index contributed by atoms with van der Waals surface area (Å²) >= 11 is 0. The zero-order valence-corrected chi connectivity index (χ0v) is 20.7. The zero-order chi connectivity index (χ0) is 26.1. The van der Waals surface area contributed by atoms with Crippen molar-refractivity contribution in [2.75, 3.05) is 79.3 Å². The molecule has 0 saturated carbocycles. The van der Waals surface area contributed by atoms with Gasteiger partial charge in [0.1, 0.15) is 13.2 Å². The van der Waals surface area contributed by atoms with E-state index >= 15 is 0 Å². The number of ether oxygens (including phenoxy) is 7. The second-order valence-corrected chi connectivity index (χ2v) is 7.39. The number of aliphatic carboxylic acids is 1. The Hall–Kier alpha value is -2.57. The number of carbonyl (C=O) groups is 3. The van der Waals surface area contributed by atoms with Gasteiger partial charge in [-0.1, -0.05) is 18.2 Å². The third-order valence-electron chi connectivity index (χ3n) is 4.47. The lowest BCUT2D eigenvalue weighted by atomic mass is 10.2. The van der Waals surface area contributed by atoms with Crippen LogP contribution in [0.2, 0.25) is 0 Å². The maximum Gasteiger partial charge on any atom is 0.338 e. The molecule has 1 aromatic carbocycles. The molecule has 0 atom stereocenters. The molecule has 0 unspecified atom stereocenters. The Bertz CT molecular complexity index is 697. The Morgan fingerprint density at radius 1 is 0.556 bits per heavy atom. The number of benzene rings is 1. The number of carboxylic acids is 1. The Morgan fingerprint density at radius 2 is 0.972 bits per heavy atom. The first-order chi connectivity index (χ1) is 17.6. The summed E-state index contributed by atoms with van der Waals surface area (Å²) in [7, 11) is 0. The maximum absolute atomic E-state index is 11.7. The Labute approximate surface area is 211 Å². The van der Waals surface area contributed by atoms with Gasteiger partial charge in [-0.3, -0.25) is 9.59 Å². The SMILES string of the molecule is O=C(O)CCCCC(=O)OCCOCCOCCOCCOCCOCCOC(=O)c1ccccc1. The topological polar surface area (TPSA) is 136 Å². The molecule has 1 aromatic rings. The van der Waals surface area contributed by atoms with Crippen LogP contribution in [0.1, 0.15) is 36.0 Å². The van der Waals surface area contributed by atoms with Gasteiger partial charge in [0.15, 0.2) is 0 Å². The fraction of sp³-hybridized carbons (Fsp3) is 0.640. The van der Waals surface area contributed by atoms with Crippen LogP contribution in [0.4, 0.5) is 0 Å². The molecular weight excluding hydrogens is 476 g/mol. The quantitative estimate of drug-likeness (QED) is 0.160. The van der Waals surface area contributed by atoms with Crippen molar-refractivity contribution < 1.29 is 52.6 Å². The normalized spacial score (nSPS) is 10.8. The highest BCUT2D eigenvalue weighted by atomic mass is 16.6. The van der Waals surface area contributed by atoms with Crippen molar-refractivity contribution in [3.63, 3.8) is 0 Å². The van der Waals surface area contributed by atoms with Crippen LogP contribution in [0.3, 0.4) is 0 Å². The van der Waals surface area contributed by atoms with E-state index in [1.807, 2.05) is 6.07 Å². The lowest BCUT2D eigenvalue weighted by Gasteiger charge is -2.08. The molecule has 1 rings (SSSR count). The first-order valence-corrected chi connectivity index (χ1v) is 12.1. The lowest BCUT2D eigenvalue weighted by Crippen LogP contribution is -2.15. The minimum Gasteiger partial charge on any atom is -0.481 e. The van der Waals surface area contributed by atoms with Crippen molar-refractivity contribution in [3.8, 4) is 0 Å². The van der Waals surface area contributed by atoms with Gasteiger partial charge < -0.3 is 38.3 Å². The summed E-state index contributed by atoms with van der Waals surface area (Å²) in [5, 5.41) is 8.52. The highest BCUT2D eigenvalue weighted by molar-refractivity contribution is 5.89. The molecule has 0 heterocycles.